The SMILES string of the molecule is c1ccc(-c2ccc(N(c3ccc4c(c3)C3(c5ccccc5-4)c4ccccc4-c4cc5c(cc43)C3CC4CC5CC3C4)c3ccccc3-c3ccccc3)cc2)cc1. The molecular weight excluding hydrogens is 699 g/mol. The van der Waals surface area contributed by atoms with Crippen LogP contribution in [-0.4, -0.2) is 0 Å². The second-order valence-corrected chi connectivity index (χ2v) is 17.6. The first-order valence-corrected chi connectivity index (χ1v) is 21.4. The van der Waals surface area contributed by atoms with Crippen LogP contribution in [0.1, 0.15) is 70.9 Å². The molecule has 8 aromatic rings. The van der Waals surface area contributed by atoms with Gasteiger partial charge in [0, 0.05) is 16.9 Å². The highest BCUT2D eigenvalue weighted by Gasteiger charge is 2.54. The molecular formula is C57H43N. The van der Waals surface area contributed by atoms with Crippen molar-refractivity contribution in [2.45, 2.75) is 42.9 Å². The molecule has 5 aliphatic carbocycles. The topological polar surface area (TPSA) is 3.24 Å². The molecule has 1 spiro atoms. The van der Waals surface area contributed by atoms with Gasteiger partial charge in [0.25, 0.3) is 0 Å². The third kappa shape index (κ3) is 4.48. The zero-order valence-corrected chi connectivity index (χ0v) is 32.5. The van der Waals surface area contributed by atoms with Crippen molar-refractivity contribution < 1.29 is 0 Å². The first kappa shape index (κ1) is 32.6. The highest BCUT2D eigenvalue weighted by Crippen LogP contribution is 2.67. The molecule has 2 saturated carbocycles. The van der Waals surface area contributed by atoms with Crippen molar-refractivity contribution >= 4 is 17.1 Å². The van der Waals surface area contributed by atoms with E-state index in [1.165, 1.54) is 104 Å². The molecule has 0 radical (unpaired) electrons. The Morgan fingerprint density at radius 2 is 0.966 bits per heavy atom. The molecule has 0 N–H and O–H groups in total. The first-order chi connectivity index (χ1) is 28.7. The predicted molar refractivity (Wildman–Crippen MR) is 239 cm³/mol. The third-order valence-corrected chi connectivity index (χ3v) is 14.8. The largest absolute Gasteiger partial charge is 0.310 e. The van der Waals surface area contributed by atoms with Gasteiger partial charge >= 0.3 is 0 Å². The molecule has 58 heavy (non-hydrogen) atoms. The maximum Gasteiger partial charge on any atom is 0.0726 e. The van der Waals surface area contributed by atoms with Crippen molar-refractivity contribution in [2.24, 2.45) is 11.8 Å². The summed E-state index contributed by atoms with van der Waals surface area (Å²) in [5.41, 5.74) is 22.5. The van der Waals surface area contributed by atoms with Crippen LogP contribution in [0, 0.1) is 11.8 Å². The van der Waals surface area contributed by atoms with Gasteiger partial charge in [0.05, 0.1) is 11.1 Å². The van der Waals surface area contributed by atoms with Crippen molar-refractivity contribution in [2.75, 3.05) is 4.90 Å². The third-order valence-electron chi connectivity index (χ3n) is 14.8. The molecule has 0 saturated heterocycles. The smallest absolute Gasteiger partial charge is 0.0726 e. The Hall–Kier alpha value is -6.44. The molecule has 2 fully saturated rings. The lowest BCUT2D eigenvalue weighted by Gasteiger charge is -2.38. The predicted octanol–water partition coefficient (Wildman–Crippen LogP) is 14.8. The minimum atomic E-state index is -0.404. The lowest BCUT2D eigenvalue weighted by Crippen LogP contribution is -2.28. The molecule has 8 aromatic carbocycles. The molecule has 276 valence electrons. The van der Waals surface area contributed by atoms with Gasteiger partial charge in [0.1, 0.15) is 0 Å². The van der Waals surface area contributed by atoms with Crippen molar-refractivity contribution in [3.63, 3.8) is 0 Å². The fraction of sp³-hybridized carbons (Fsp3) is 0.158. The number of para-hydroxylation sites is 1. The summed E-state index contributed by atoms with van der Waals surface area (Å²) in [6.45, 7) is 0. The Bertz CT molecular complexity index is 2920. The Morgan fingerprint density at radius 1 is 0.379 bits per heavy atom. The van der Waals surface area contributed by atoms with Gasteiger partial charge in [0.15, 0.2) is 0 Å². The quantitative estimate of drug-likeness (QED) is 0.170. The summed E-state index contributed by atoms with van der Waals surface area (Å²) in [5, 5.41) is 0. The van der Waals surface area contributed by atoms with Crippen LogP contribution >= 0.6 is 0 Å². The minimum absolute atomic E-state index is 0.404. The summed E-state index contributed by atoms with van der Waals surface area (Å²) in [4.78, 5) is 2.50. The van der Waals surface area contributed by atoms with E-state index in [1.807, 2.05) is 0 Å². The van der Waals surface area contributed by atoms with E-state index >= 15 is 0 Å². The molecule has 5 aliphatic rings. The number of benzene rings is 8. The van der Waals surface area contributed by atoms with E-state index < -0.39 is 5.41 Å². The van der Waals surface area contributed by atoms with Crippen LogP contribution in [0.25, 0.3) is 44.5 Å². The van der Waals surface area contributed by atoms with E-state index in [4.69, 9.17) is 0 Å². The lowest BCUT2D eigenvalue weighted by atomic mass is 9.66. The fourth-order valence-electron chi connectivity index (χ4n) is 12.6. The molecule has 1 heteroatoms. The van der Waals surface area contributed by atoms with Crippen LogP contribution in [-0.2, 0) is 5.41 Å². The number of hydrogen-bond acceptors (Lipinski definition) is 1. The maximum atomic E-state index is 2.74. The zero-order chi connectivity index (χ0) is 38.0. The van der Waals surface area contributed by atoms with Crippen LogP contribution < -0.4 is 4.90 Å². The molecule has 0 heterocycles. The lowest BCUT2D eigenvalue weighted by molar-refractivity contribution is 0.296. The standard InChI is InChI=1S/C57H43N/c1-3-13-37(14-4-1)38-23-25-42(26-24-38)58(56-22-12-9-17-44(56)39-15-5-2-6-16-39)43-27-28-47-45-18-7-10-20-52(45)57(54(47)33-43)53-21-11-8-19-46(53)51-34-49-41-30-36-29-40(32-41)48(31-36)50(49)35-55(51)57/h1-28,33-36,40-41,48H,29-32H2. The zero-order valence-electron chi connectivity index (χ0n) is 32.5. The summed E-state index contributed by atoms with van der Waals surface area (Å²) >= 11 is 0. The highest BCUT2D eigenvalue weighted by atomic mass is 15.1. The summed E-state index contributed by atoms with van der Waals surface area (Å²) in [7, 11) is 0. The average Bonchev–Trinajstić information content (AvgIpc) is 3.84. The normalized spacial score (nSPS) is 22.3. The molecule has 5 atom stereocenters. The van der Waals surface area contributed by atoms with Gasteiger partial charge in [-0.15, -0.1) is 0 Å². The summed E-state index contributed by atoms with van der Waals surface area (Å²) < 4.78 is 0. The number of hydrogen-bond donors (Lipinski definition) is 0. The Balaban J connectivity index is 1.06. The van der Waals surface area contributed by atoms with Crippen molar-refractivity contribution in [1.82, 2.24) is 0 Å². The molecule has 13 rings (SSSR count). The van der Waals surface area contributed by atoms with E-state index in [0.717, 1.165) is 17.5 Å². The Labute approximate surface area is 341 Å². The fourth-order valence-corrected chi connectivity index (χ4v) is 12.6. The number of nitrogens with zero attached hydrogens (tertiary/aromatic N) is 1. The molecule has 0 amide bonds. The van der Waals surface area contributed by atoms with E-state index in [9.17, 15) is 0 Å². The van der Waals surface area contributed by atoms with Gasteiger partial charge in [-0.05, 0) is 152 Å². The molecule has 0 aromatic heterocycles. The summed E-state index contributed by atoms with van der Waals surface area (Å²) in [5.74, 6) is 3.18. The van der Waals surface area contributed by atoms with Gasteiger partial charge in [-0.1, -0.05) is 158 Å². The van der Waals surface area contributed by atoms with Gasteiger partial charge in [-0.2, -0.15) is 0 Å². The van der Waals surface area contributed by atoms with E-state index in [2.05, 4.69) is 193 Å². The van der Waals surface area contributed by atoms with Crippen molar-refractivity contribution in [3.05, 3.63) is 221 Å². The van der Waals surface area contributed by atoms with Gasteiger partial charge in [0.2, 0.25) is 0 Å². The second-order valence-electron chi connectivity index (χ2n) is 17.6. The van der Waals surface area contributed by atoms with E-state index in [-0.39, 0.29) is 0 Å². The summed E-state index contributed by atoms with van der Waals surface area (Å²) in [6, 6.07) is 71.1. The molecule has 1 nitrogen and oxygen atoms in total. The monoisotopic (exact) mass is 741 g/mol. The van der Waals surface area contributed by atoms with Crippen LogP contribution in [0.15, 0.2) is 188 Å². The van der Waals surface area contributed by atoms with Gasteiger partial charge < -0.3 is 4.90 Å². The van der Waals surface area contributed by atoms with Crippen LogP contribution in [0.4, 0.5) is 17.1 Å². The average molecular weight is 742 g/mol. The summed E-state index contributed by atoms with van der Waals surface area (Å²) in [6.07, 6.45) is 5.59. The first-order valence-electron chi connectivity index (χ1n) is 21.4. The van der Waals surface area contributed by atoms with Gasteiger partial charge in [-0.3, -0.25) is 0 Å². The maximum absolute atomic E-state index is 2.74. The highest BCUT2D eigenvalue weighted by molar-refractivity contribution is 5.97. The van der Waals surface area contributed by atoms with Crippen LogP contribution in [0.5, 0.6) is 0 Å². The van der Waals surface area contributed by atoms with Crippen LogP contribution in [0.2, 0.25) is 0 Å². The van der Waals surface area contributed by atoms with Gasteiger partial charge in [-0.25, -0.2) is 0 Å². The minimum Gasteiger partial charge on any atom is -0.310 e. The second kappa shape index (κ2) is 12.3. The Kier molecular flexibility index (Phi) is 6.91. The van der Waals surface area contributed by atoms with E-state index in [0.29, 0.717) is 11.8 Å². The Morgan fingerprint density at radius 3 is 1.72 bits per heavy atom. The molecule has 3 bridgehead atoms. The van der Waals surface area contributed by atoms with E-state index in [1.54, 1.807) is 11.1 Å². The molecule has 5 unspecified atom stereocenters. The number of anilines is 3. The molecule has 0 aliphatic heterocycles. The van der Waals surface area contributed by atoms with Crippen molar-refractivity contribution in [3.8, 4) is 44.5 Å². The number of rotatable bonds is 5. The number of fused-ring (bicyclic) bond motifs is 15. The van der Waals surface area contributed by atoms with Crippen molar-refractivity contribution in [1.29, 1.82) is 0 Å². The van der Waals surface area contributed by atoms with Crippen LogP contribution in [0.3, 0.4) is 0 Å².